The van der Waals surface area contributed by atoms with E-state index in [0.717, 1.165) is 40.9 Å². The molecule has 1 aliphatic rings. The van der Waals surface area contributed by atoms with Crippen LogP contribution in [0.2, 0.25) is 0 Å². The van der Waals surface area contributed by atoms with Gasteiger partial charge in [-0.05, 0) is 83.3 Å². The summed E-state index contributed by atoms with van der Waals surface area (Å²) in [6.07, 6.45) is 8.75. The van der Waals surface area contributed by atoms with Crippen LogP contribution in [-0.2, 0) is 13.0 Å². The van der Waals surface area contributed by atoms with Gasteiger partial charge in [0.2, 0.25) is 0 Å². The maximum absolute atomic E-state index is 5.08. The quantitative estimate of drug-likeness (QED) is 0.140. The van der Waals surface area contributed by atoms with Crippen LogP contribution in [0.5, 0.6) is 0 Å². The molecule has 50 heavy (non-hydrogen) atoms. The van der Waals surface area contributed by atoms with E-state index in [0.29, 0.717) is 6.54 Å². The number of hydrogen-bond acceptors (Lipinski definition) is 2. The molecule has 8 rings (SSSR count). The minimum absolute atomic E-state index is 0.550. The second kappa shape index (κ2) is 14.0. The van der Waals surface area contributed by atoms with Crippen LogP contribution >= 0.6 is 0 Å². The molecule has 1 heterocycles. The molecular weight excluding hydrogens is 607 g/mol. The molecular formula is C47H37N3. The zero-order valence-electron chi connectivity index (χ0n) is 27.9. The maximum atomic E-state index is 5.08. The van der Waals surface area contributed by atoms with Crippen LogP contribution in [0.1, 0.15) is 34.4 Å². The lowest BCUT2D eigenvalue weighted by molar-refractivity contribution is 0.888. The summed E-state index contributed by atoms with van der Waals surface area (Å²) in [5.74, 6) is 0. The normalized spacial score (nSPS) is 13.0. The van der Waals surface area contributed by atoms with Crippen LogP contribution in [-0.4, -0.2) is 17.0 Å². The van der Waals surface area contributed by atoms with Crippen LogP contribution in [0.25, 0.3) is 50.6 Å². The van der Waals surface area contributed by atoms with Gasteiger partial charge in [-0.3, -0.25) is 9.98 Å². The topological polar surface area (TPSA) is 29.6 Å². The van der Waals surface area contributed by atoms with Crippen LogP contribution in [0, 0.1) is 0 Å². The zero-order valence-corrected chi connectivity index (χ0v) is 27.9. The number of hydrogen-bond donors (Lipinski definition) is 0. The molecule has 0 N–H and O–H groups in total. The largest absolute Gasteiger partial charge is 0.313 e. The monoisotopic (exact) mass is 643 g/mol. The van der Waals surface area contributed by atoms with Crippen molar-refractivity contribution in [3.8, 4) is 27.9 Å². The van der Waals surface area contributed by atoms with Crippen LogP contribution in [0.15, 0.2) is 180 Å². The highest BCUT2D eigenvalue weighted by Crippen LogP contribution is 2.35. The fourth-order valence-corrected chi connectivity index (χ4v) is 6.94. The van der Waals surface area contributed by atoms with Crippen molar-refractivity contribution in [1.29, 1.82) is 0 Å². The molecule has 1 aromatic heterocycles. The van der Waals surface area contributed by atoms with E-state index in [9.17, 15) is 0 Å². The Bertz CT molecular complexity index is 2370. The van der Waals surface area contributed by atoms with Gasteiger partial charge in [0.25, 0.3) is 0 Å². The molecule has 0 saturated carbocycles. The summed E-state index contributed by atoms with van der Waals surface area (Å²) < 4.78 is 2.44. The van der Waals surface area contributed by atoms with Crippen LogP contribution in [0.3, 0.4) is 0 Å². The second-order valence-corrected chi connectivity index (χ2v) is 12.6. The minimum Gasteiger partial charge on any atom is -0.313 e. The van der Waals surface area contributed by atoms with E-state index in [2.05, 4.69) is 138 Å². The number of fused-ring (bicyclic) bond motifs is 3. The lowest BCUT2D eigenvalue weighted by atomic mass is 9.99. The van der Waals surface area contributed by atoms with Crippen LogP contribution < -0.4 is 0 Å². The lowest BCUT2D eigenvalue weighted by Crippen LogP contribution is -2.02. The Morgan fingerprint density at radius 1 is 0.640 bits per heavy atom. The third-order valence-corrected chi connectivity index (χ3v) is 9.47. The molecule has 0 amide bonds. The van der Waals surface area contributed by atoms with Crippen molar-refractivity contribution in [2.45, 2.75) is 19.4 Å². The van der Waals surface area contributed by atoms with Crippen molar-refractivity contribution < 1.29 is 0 Å². The highest BCUT2D eigenvalue weighted by atomic mass is 15.0. The summed E-state index contributed by atoms with van der Waals surface area (Å²) >= 11 is 0. The van der Waals surface area contributed by atoms with Gasteiger partial charge in [0.05, 0.1) is 23.5 Å². The average Bonchev–Trinajstić information content (AvgIpc) is 3.53. The summed E-state index contributed by atoms with van der Waals surface area (Å²) in [4.78, 5) is 9.41. The molecule has 6 aromatic carbocycles. The lowest BCUT2D eigenvalue weighted by Gasteiger charge is -2.14. The van der Waals surface area contributed by atoms with E-state index in [1.807, 2.05) is 54.6 Å². The summed E-state index contributed by atoms with van der Waals surface area (Å²) in [7, 11) is 0. The molecule has 0 saturated heterocycles. The van der Waals surface area contributed by atoms with Crippen molar-refractivity contribution in [2.24, 2.45) is 9.98 Å². The standard InChI is InChI=1S/C47H37N3/c1-48-44(38-14-4-2-5-15-38)32-45(39-16-6-3-7-17-39)49-33-34-13-12-18-40(31-34)37-25-23-35(24-26-37)36-27-29-41(30-28-36)50-46-21-10-8-19-42(46)43-20-9-11-22-47(43)50/h2-10,12-21,23-32H,1,11,22,33H2/b44-32-,49-45?. The first-order valence-electron chi connectivity index (χ1n) is 17.2. The summed E-state index contributed by atoms with van der Waals surface area (Å²) in [6, 6.07) is 55.6. The Labute approximate surface area is 294 Å². The first-order chi connectivity index (χ1) is 24.7. The van der Waals surface area contributed by atoms with Crippen molar-refractivity contribution in [2.75, 3.05) is 0 Å². The average molecular weight is 644 g/mol. The number of benzene rings is 6. The van der Waals surface area contributed by atoms with E-state index >= 15 is 0 Å². The molecule has 0 fully saturated rings. The molecule has 0 aliphatic heterocycles. The van der Waals surface area contributed by atoms with E-state index in [1.54, 1.807) is 0 Å². The molecule has 1 aliphatic carbocycles. The molecule has 240 valence electrons. The number of para-hydroxylation sites is 1. The Morgan fingerprint density at radius 2 is 1.28 bits per heavy atom. The van der Waals surface area contributed by atoms with Crippen molar-refractivity contribution >= 4 is 35.1 Å². The van der Waals surface area contributed by atoms with Crippen LogP contribution in [0.4, 0.5) is 0 Å². The van der Waals surface area contributed by atoms with Crippen molar-refractivity contribution in [3.63, 3.8) is 0 Å². The minimum atomic E-state index is 0.550. The third-order valence-electron chi connectivity index (χ3n) is 9.47. The predicted octanol–water partition coefficient (Wildman–Crippen LogP) is 11.7. The number of rotatable bonds is 9. The van der Waals surface area contributed by atoms with E-state index in [-0.39, 0.29) is 0 Å². The van der Waals surface area contributed by atoms with Crippen molar-refractivity contribution in [1.82, 2.24) is 4.57 Å². The van der Waals surface area contributed by atoms with Gasteiger partial charge in [0, 0.05) is 27.9 Å². The third kappa shape index (κ3) is 6.29. The Hall–Kier alpha value is -6.32. The summed E-state index contributed by atoms with van der Waals surface area (Å²) in [5, 5.41) is 1.32. The van der Waals surface area contributed by atoms with Gasteiger partial charge in [-0.1, -0.05) is 146 Å². The Kier molecular flexibility index (Phi) is 8.70. The van der Waals surface area contributed by atoms with Gasteiger partial charge in [0.1, 0.15) is 0 Å². The fraction of sp³-hybridized carbons (Fsp3) is 0.0638. The SMILES string of the molecule is C=N/C(=C\C(=NCc1cccc(-c2ccc(-c3ccc(-n4c5c(c6ccccc64)C=CCC5)cc3)cc2)c1)c1ccccc1)c1ccccc1. The maximum Gasteiger partial charge on any atom is 0.0716 e. The van der Waals surface area contributed by atoms with Gasteiger partial charge in [-0.2, -0.15) is 0 Å². The summed E-state index contributed by atoms with van der Waals surface area (Å²) in [5.41, 5.74) is 14.9. The molecule has 0 bridgehead atoms. The Balaban J connectivity index is 1.03. The van der Waals surface area contributed by atoms with Gasteiger partial charge in [-0.25, -0.2) is 0 Å². The Morgan fingerprint density at radius 3 is 2.00 bits per heavy atom. The predicted molar refractivity (Wildman–Crippen MR) is 212 cm³/mol. The first-order valence-corrected chi connectivity index (χ1v) is 17.2. The van der Waals surface area contributed by atoms with E-state index < -0.39 is 0 Å². The molecule has 3 nitrogen and oxygen atoms in total. The fourth-order valence-electron chi connectivity index (χ4n) is 6.94. The highest BCUT2D eigenvalue weighted by Gasteiger charge is 2.18. The second-order valence-electron chi connectivity index (χ2n) is 12.6. The molecule has 3 heteroatoms. The molecule has 0 spiro atoms. The number of aliphatic imine (C=N–C) groups is 2. The van der Waals surface area contributed by atoms with Crippen molar-refractivity contribution in [3.05, 3.63) is 198 Å². The van der Waals surface area contributed by atoms with Gasteiger partial charge in [-0.15, -0.1) is 0 Å². The zero-order chi connectivity index (χ0) is 33.7. The first kappa shape index (κ1) is 31.0. The van der Waals surface area contributed by atoms with E-state index in [4.69, 9.17) is 4.99 Å². The number of aromatic nitrogens is 1. The van der Waals surface area contributed by atoms with Gasteiger partial charge < -0.3 is 4.57 Å². The molecule has 7 aromatic rings. The highest BCUT2D eigenvalue weighted by molar-refractivity contribution is 6.12. The summed E-state index contributed by atoms with van der Waals surface area (Å²) in [6.45, 7) is 4.39. The smallest absolute Gasteiger partial charge is 0.0716 e. The molecule has 0 radical (unpaired) electrons. The van der Waals surface area contributed by atoms with Gasteiger partial charge in [0.15, 0.2) is 0 Å². The van der Waals surface area contributed by atoms with Gasteiger partial charge >= 0.3 is 0 Å². The molecule has 0 atom stereocenters. The van der Waals surface area contributed by atoms with E-state index in [1.165, 1.54) is 50.1 Å². The number of nitrogens with zero attached hydrogens (tertiary/aromatic N) is 3. The molecule has 0 unspecified atom stereocenters. The number of allylic oxidation sites excluding steroid dienone is 2.